The number of rotatable bonds is 4. The van der Waals surface area contributed by atoms with E-state index in [9.17, 15) is 4.79 Å². The van der Waals surface area contributed by atoms with E-state index in [2.05, 4.69) is 20.6 Å². The second-order valence-electron chi connectivity index (χ2n) is 8.81. The molecule has 7 heteroatoms. The molecule has 4 bridgehead atoms. The summed E-state index contributed by atoms with van der Waals surface area (Å²) in [6.07, 6.45) is 6.34. The molecule has 5 rings (SSSR count). The van der Waals surface area contributed by atoms with Crippen LogP contribution in [-0.4, -0.2) is 42.2 Å². The van der Waals surface area contributed by atoms with Crippen molar-refractivity contribution >= 4 is 17.8 Å². The van der Waals surface area contributed by atoms with Crippen LogP contribution in [-0.2, 0) is 0 Å². The highest BCUT2D eigenvalue weighted by Gasteiger charge is 2.55. The van der Waals surface area contributed by atoms with Gasteiger partial charge in [0.15, 0.2) is 0 Å². The van der Waals surface area contributed by atoms with Gasteiger partial charge in [-0.05, 0) is 62.7 Å². The van der Waals surface area contributed by atoms with E-state index in [-0.39, 0.29) is 11.6 Å². The van der Waals surface area contributed by atoms with E-state index < -0.39 is 0 Å². The van der Waals surface area contributed by atoms with Crippen molar-refractivity contribution in [1.82, 2.24) is 15.3 Å². The monoisotopic (exact) mass is 358 g/mol. The minimum Gasteiger partial charge on any atom is -0.363 e. The number of amides is 2. The number of hydrogen-bond acceptors (Lipinski definition) is 5. The molecule has 4 fully saturated rings. The van der Waals surface area contributed by atoms with E-state index in [0.29, 0.717) is 24.3 Å². The Morgan fingerprint density at radius 2 is 1.81 bits per heavy atom. The highest BCUT2D eigenvalue weighted by Crippen LogP contribution is 2.57. The van der Waals surface area contributed by atoms with Crippen LogP contribution in [0.5, 0.6) is 0 Å². The molecule has 4 aliphatic rings. The van der Waals surface area contributed by atoms with Gasteiger partial charge >= 0.3 is 6.03 Å². The summed E-state index contributed by atoms with van der Waals surface area (Å²) in [5.41, 5.74) is 7.40. The number of nitrogens with one attached hydrogen (secondary N) is 2. The average molecular weight is 358 g/mol. The molecule has 4 aliphatic carbocycles. The summed E-state index contributed by atoms with van der Waals surface area (Å²) in [5.74, 6) is 3.93. The van der Waals surface area contributed by atoms with Crippen LogP contribution >= 0.6 is 0 Å². The highest BCUT2D eigenvalue weighted by atomic mass is 16.2. The van der Waals surface area contributed by atoms with Crippen LogP contribution in [0.4, 0.5) is 16.6 Å². The fourth-order valence-electron chi connectivity index (χ4n) is 5.57. The molecule has 0 unspecified atom stereocenters. The first-order chi connectivity index (χ1) is 12.3. The lowest BCUT2D eigenvalue weighted by Gasteiger charge is -2.59. The number of aryl methyl sites for hydroxylation is 1. The van der Waals surface area contributed by atoms with Gasteiger partial charge in [-0.25, -0.2) is 9.78 Å². The van der Waals surface area contributed by atoms with Crippen molar-refractivity contribution in [3.05, 3.63) is 11.8 Å². The molecule has 4 N–H and O–H groups in total. The number of nitrogens with two attached hydrogens (primary N) is 1. The van der Waals surface area contributed by atoms with Crippen LogP contribution in [0, 0.1) is 30.6 Å². The molecule has 142 valence electrons. The molecule has 0 aromatic carbocycles. The number of urea groups is 1. The van der Waals surface area contributed by atoms with Gasteiger partial charge in [-0.1, -0.05) is 0 Å². The summed E-state index contributed by atoms with van der Waals surface area (Å²) in [4.78, 5) is 23.0. The molecule has 1 aromatic heterocycles. The molecule has 0 aliphatic heterocycles. The first-order valence-electron chi connectivity index (χ1n) is 9.70. The molecule has 0 radical (unpaired) electrons. The van der Waals surface area contributed by atoms with Crippen molar-refractivity contribution in [2.45, 2.75) is 44.6 Å². The number of carbonyl (C=O) groups is 1. The van der Waals surface area contributed by atoms with Gasteiger partial charge in [-0.3, -0.25) is 5.32 Å². The quantitative estimate of drug-likeness (QED) is 0.766. The van der Waals surface area contributed by atoms with Crippen molar-refractivity contribution in [2.75, 3.05) is 30.9 Å². The zero-order chi connectivity index (χ0) is 18.5. The van der Waals surface area contributed by atoms with E-state index in [4.69, 9.17) is 5.73 Å². The first-order valence-corrected chi connectivity index (χ1v) is 9.70. The Morgan fingerprint density at radius 1 is 1.19 bits per heavy atom. The Hall–Kier alpha value is -1.89. The standard InChI is InChI=1S/C19H30N6O/c1-11-4-16(25(2)3)23-17(22-11)24-18(26)21-10-19(20)14-6-12-5-13(8-14)9-15(19)7-12/h4,12-15H,5-10,20H2,1-3H3,(H2,21,22,23,24,26). The second-order valence-corrected chi connectivity index (χ2v) is 8.81. The maximum Gasteiger partial charge on any atom is 0.321 e. The maximum atomic E-state index is 12.4. The zero-order valence-electron chi connectivity index (χ0n) is 16.0. The van der Waals surface area contributed by atoms with Crippen molar-refractivity contribution in [2.24, 2.45) is 29.4 Å². The van der Waals surface area contributed by atoms with Crippen LogP contribution in [0.3, 0.4) is 0 Å². The highest BCUT2D eigenvalue weighted by molar-refractivity contribution is 5.87. The van der Waals surface area contributed by atoms with E-state index in [1.165, 1.54) is 32.1 Å². The molecule has 2 amide bonds. The lowest BCUT2D eigenvalue weighted by atomic mass is 9.49. The summed E-state index contributed by atoms with van der Waals surface area (Å²) in [7, 11) is 3.83. The molecule has 7 nitrogen and oxygen atoms in total. The van der Waals surface area contributed by atoms with Crippen LogP contribution in [0.15, 0.2) is 6.07 Å². The Balaban J connectivity index is 1.39. The summed E-state index contributed by atoms with van der Waals surface area (Å²) >= 11 is 0. The zero-order valence-corrected chi connectivity index (χ0v) is 16.0. The molecule has 0 saturated heterocycles. The maximum absolute atomic E-state index is 12.4. The molecule has 4 saturated carbocycles. The Bertz CT molecular complexity index is 675. The van der Waals surface area contributed by atoms with Crippen molar-refractivity contribution < 1.29 is 4.79 Å². The third kappa shape index (κ3) is 3.13. The molecule has 0 spiro atoms. The van der Waals surface area contributed by atoms with Crippen molar-refractivity contribution in [3.63, 3.8) is 0 Å². The summed E-state index contributed by atoms with van der Waals surface area (Å²) < 4.78 is 0. The Morgan fingerprint density at radius 3 is 2.38 bits per heavy atom. The number of carbonyl (C=O) groups excluding carboxylic acids is 1. The van der Waals surface area contributed by atoms with Gasteiger partial charge in [0.1, 0.15) is 5.82 Å². The molecular weight excluding hydrogens is 328 g/mol. The number of aromatic nitrogens is 2. The van der Waals surface area contributed by atoms with Gasteiger partial charge in [0.05, 0.1) is 0 Å². The van der Waals surface area contributed by atoms with Gasteiger partial charge in [0.2, 0.25) is 5.95 Å². The van der Waals surface area contributed by atoms with Crippen molar-refractivity contribution in [3.8, 4) is 0 Å². The largest absolute Gasteiger partial charge is 0.363 e. The SMILES string of the molecule is Cc1cc(N(C)C)nc(NC(=O)NCC2(N)C3CC4CC(C3)CC2C4)n1. The Labute approximate surface area is 155 Å². The minimum atomic E-state index is -0.279. The fraction of sp³-hybridized carbons (Fsp3) is 0.737. The number of hydrogen-bond donors (Lipinski definition) is 3. The molecule has 0 atom stereocenters. The molecule has 26 heavy (non-hydrogen) atoms. The number of anilines is 2. The smallest absolute Gasteiger partial charge is 0.321 e. The summed E-state index contributed by atoms with van der Waals surface area (Å²) in [5, 5.41) is 5.76. The van der Waals surface area contributed by atoms with E-state index in [1.807, 2.05) is 32.0 Å². The Kier molecular flexibility index (Phi) is 4.29. The average Bonchev–Trinajstić information content (AvgIpc) is 2.57. The van der Waals surface area contributed by atoms with Gasteiger partial charge in [-0.15, -0.1) is 0 Å². The number of nitrogens with zero attached hydrogens (tertiary/aromatic N) is 3. The lowest BCUT2D eigenvalue weighted by Crippen LogP contribution is -2.67. The third-order valence-electron chi connectivity index (χ3n) is 6.74. The van der Waals surface area contributed by atoms with Gasteiger partial charge in [-0.2, -0.15) is 4.98 Å². The summed E-state index contributed by atoms with van der Waals surface area (Å²) in [6.45, 7) is 2.42. The van der Waals surface area contributed by atoms with Crippen LogP contribution in [0.1, 0.15) is 37.8 Å². The van der Waals surface area contributed by atoms with Crippen molar-refractivity contribution in [1.29, 1.82) is 0 Å². The third-order valence-corrected chi connectivity index (χ3v) is 6.74. The predicted molar refractivity (Wildman–Crippen MR) is 102 cm³/mol. The molecule has 1 heterocycles. The second kappa shape index (κ2) is 6.37. The van der Waals surface area contributed by atoms with Gasteiger partial charge in [0, 0.05) is 37.9 Å². The predicted octanol–water partition coefficient (Wildman–Crippen LogP) is 2.13. The summed E-state index contributed by atoms with van der Waals surface area (Å²) in [6, 6.07) is 1.60. The lowest BCUT2D eigenvalue weighted by molar-refractivity contribution is -0.0528. The fourth-order valence-corrected chi connectivity index (χ4v) is 5.57. The van der Waals surface area contributed by atoms with Gasteiger partial charge < -0.3 is 16.0 Å². The van der Waals surface area contributed by atoms with Crippen LogP contribution in [0.25, 0.3) is 0 Å². The topological polar surface area (TPSA) is 96.2 Å². The van der Waals surface area contributed by atoms with Crippen LogP contribution < -0.4 is 21.3 Å². The van der Waals surface area contributed by atoms with Gasteiger partial charge in [0.25, 0.3) is 0 Å². The molecular formula is C19H30N6O. The first kappa shape index (κ1) is 17.5. The molecule has 1 aromatic rings. The van der Waals surface area contributed by atoms with E-state index in [0.717, 1.165) is 23.3 Å². The van der Waals surface area contributed by atoms with E-state index in [1.54, 1.807) is 0 Å². The normalized spacial score (nSPS) is 34.6. The van der Waals surface area contributed by atoms with Crippen LogP contribution in [0.2, 0.25) is 0 Å². The van der Waals surface area contributed by atoms with E-state index >= 15 is 0 Å². The minimum absolute atomic E-state index is 0.257.